The second kappa shape index (κ2) is 5.21. The first kappa shape index (κ1) is 13.2. The largest absolute Gasteiger partial charge is 0.388 e. The summed E-state index contributed by atoms with van der Waals surface area (Å²) in [6.07, 6.45) is 0.138. The average Bonchev–Trinajstić information content (AvgIpc) is 2.57. The second-order valence-electron chi connectivity index (χ2n) is 4.83. The predicted octanol–water partition coefficient (Wildman–Crippen LogP) is 3.65. The van der Waals surface area contributed by atoms with E-state index in [1.165, 1.54) is 10.4 Å². The normalized spacial score (nSPS) is 12.7. The quantitative estimate of drug-likeness (QED) is 0.914. The molecular formula is C15H19NOS. The molecule has 0 saturated carbocycles. The van der Waals surface area contributed by atoms with E-state index >= 15 is 0 Å². The molecule has 0 aliphatic heterocycles. The molecule has 3 heteroatoms. The van der Waals surface area contributed by atoms with Crippen LogP contribution >= 0.6 is 11.3 Å². The summed E-state index contributed by atoms with van der Waals surface area (Å²) in [4.78, 5) is 5.72. The van der Waals surface area contributed by atoms with Crippen molar-refractivity contribution < 1.29 is 5.11 Å². The maximum Gasteiger partial charge on any atom is 0.0960 e. The molecule has 0 radical (unpaired) electrons. The van der Waals surface area contributed by atoms with Gasteiger partial charge >= 0.3 is 0 Å². The Balaban J connectivity index is 2.19. The molecule has 1 atom stereocenters. The van der Waals surface area contributed by atoms with E-state index in [-0.39, 0.29) is 0 Å². The van der Waals surface area contributed by atoms with Crippen molar-refractivity contribution in [2.24, 2.45) is 0 Å². The molecular weight excluding hydrogens is 242 g/mol. The third kappa shape index (κ3) is 2.79. The highest BCUT2D eigenvalue weighted by atomic mass is 32.1. The summed E-state index contributed by atoms with van der Waals surface area (Å²) in [5.74, 6) is 0. The van der Waals surface area contributed by atoms with Gasteiger partial charge in [-0.2, -0.15) is 0 Å². The maximum absolute atomic E-state index is 10.3. The van der Waals surface area contributed by atoms with Crippen molar-refractivity contribution in [2.45, 2.75) is 40.2 Å². The van der Waals surface area contributed by atoms with Gasteiger partial charge in [-0.05, 0) is 38.8 Å². The van der Waals surface area contributed by atoms with Gasteiger partial charge in [-0.1, -0.05) is 23.8 Å². The van der Waals surface area contributed by atoms with Crippen molar-refractivity contribution in [1.82, 2.24) is 4.98 Å². The summed E-state index contributed by atoms with van der Waals surface area (Å²) in [5.41, 5.74) is 4.45. The molecule has 1 aromatic heterocycles. The number of hydrogen-bond acceptors (Lipinski definition) is 3. The van der Waals surface area contributed by atoms with Crippen molar-refractivity contribution >= 4 is 11.3 Å². The third-order valence-corrected chi connectivity index (χ3v) is 4.32. The van der Waals surface area contributed by atoms with Gasteiger partial charge in [-0.3, -0.25) is 0 Å². The molecule has 0 fully saturated rings. The molecule has 1 heterocycles. The molecule has 0 aliphatic rings. The number of rotatable bonds is 3. The number of benzene rings is 1. The van der Waals surface area contributed by atoms with Crippen LogP contribution in [0, 0.1) is 27.7 Å². The molecule has 2 nitrogen and oxygen atoms in total. The number of aryl methyl sites for hydroxylation is 4. The molecule has 1 unspecified atom stereocenters. The van der Waals surface area contributed by atoms with Crippen LogP contribution in [0.2, 0.25) is 0 Å². The first-order valence-electron chi connectivity index (χ1n) is 6.15. The Hall–Kier alpha value is -1.19. The van der Waals surface area contributed by atoms with Gasteiger partial charge in [0, 0.05) is 11.3 Å². The van der Waals surface area contributed by atoms with Gasteiger partial charge in [0.15, 0.2) is 0 Å². The lowest BCUT2D eigenvalue weighted by molar-refractivity contribution is 0.177. The fraction of sp³-hybridized carbons (Fsp3) is 0.400. The van der Waals surface area contributed by atoms with Crippen LogP contribution in [0.25, 0.3) is 0 Å². The summed E-state index contributed by atoms with van der Waals surface area (Å²) < 4.78 is 0. The maximum atomic E-state index is 10.3. The molecule has 0 spiro atoms. The Kier molecular flexibility index (Phi) is 3.83. The van der Waals surface area contributed by atoms with Crippen LogP contribution < -0.4 is 0 Å². The van der Waals surface area contributed by atoms with Gasteiger partial charge in [0.25, 0.3) is 0 Å². The lowest BCUT2D eigenvalue weighted by Crippen LogP contribution is -2.04. The van der Waals surface area contributed by atoms with Crippen LogP contribution in [0.1, 0.15) is 38.4 Å². The molecule has 0 saturated heterocycles. The SMILES string of the molecule is Cc1ccc(C(O)Cc2nc(C)c(C)s2)c(C)c1. The fourth-order valence-corrected chi connectivity index (χ4v) is 3.07. The minimum atomic E-state index is -0.462. The van der Waals surface area contributed by atoms with Crippen molar-refractivity contribution in [2.75, 3.05) is 0 Å². The fourth-order valence-electron chi connectivity index (χ4n) is 2.10. The van der Waals surface area contributed by atoms with E-state index in [0.717, 1.165) is 21.8 Å². The first-order chi connectivity index (χ1) is 8.47. The topological polar surface area (TPSA) is 33.1 Å². The molecule has 0 amide bonds. The van der Waals surface area contributed by atoms with Gasteiger partial charge < -0.3 is 5.11 Å². The Morgan fingerprint density at radius 2 is 1.94 bits per heavy atom. The van der Waals surface area contributed by atoms with Crippen molar-refractivity contribution in [3.63, 3.8) is 0 Å². The standard InChI is InChI=1S/C15H19NOS/c1-9-5-6-13(10(2)7-9)14(17)8-15-16-11(3)12(4)18-15/h5-7,14,17H,8H2,1-4H3. The summed E-state index contributed by atoms with van der Waals surface area (Å²) >= 11 is 1.68. The van der Waals surface area contributed by atoms with E-state index in [0.29, 0.717) is 6.42 Å². The van der Waals surface area contributed by atoms with Crippen molar-refractivity contribution in [1.29, 1.82) is 0 Å². The van der Waals surface area contributed by atoms with Crippen LogP contribution in [0.4, 0.5) is 0 Å². The van der Waals surface area contributed by atoms with E-state index < -0.39 is 6.10 Å². The summed E-state index contributed by atoms with van der Waals surface area (Å²) in [5, 5.41) is 11.3. The minimum absolute atomic E-state index is 0.462. The molecule has 1 aromatic carbocycles. The van der Waals surface area contributed by atoms with Crippen molar-refractivity contribution in [3.05, 3.63) is 50.5 Å². The summed E-state index contributed by atoms with van der Waals surface area (Å²) in [6.45, 7) is 8.19. The van der Waals surface area contributed by atoms with Crippen LogP contribution in [-0.4, -0.2) is 10.1 Å². The number of hydrogen-bond donors (Lipinski definition) is 1. The van der Waals surface area contributed by atoms with Crippen LogP contribution in [0.3, 0.4) is 0 Å². The average molecular weight is 261 g/mol. The number of aliphatic hydroxyl groups excluding tert-OH is 1. The summed E-state index contributed by atoms with van der Waals surface area (Å²) in [7, 11) is 0. The van der Waals surface area contributed by atoms with Crippen molar-refractivity contribution in [3.8, 4) is 0 Å². The van der Waals surface area contributed by atoms with Crippen LogP contribution in [-0.2, 0) is 6.42 Å². The highest BCUT2D eigenvalue weighted by molar-refractivity contribution is 7.11. The molecule has 2 aromatic rings. The van der Waals surface area contributed by atoms with E-state index in [1.54, 1.807) is 11.3 Å². The lowest BCUT2D eigenvalue weighted by atomic mass is 9.99. The number of aromatic nitrogens is 1. The number of nitrogens with zero attached hydrogens (tertiary/aromatic N) is 1. The zero-order chi connectivity index (χ0) is 13.3. The molecule has 0 bridgehead atoms. The smallest absolute Gasteiger partial charge is 0.0960 e. The van der Waals surface area contributed by atoms with Gasteiger partial charge in [0.05, 0.1) is 16.8 Å². The van der Waals surface area contributed by atoms with Gasteiger partial charge in [-0.15, -0.1) is 11.3 Å². The Bertz CT molecular complexity index is 540. The molecule has 0 aliphatic carbocycles. The minimum Gasteiger partial charge on any atom is -0.388 e. The van der Waals surface area contributed by atoms with E-state index in [1.807, 2.05) is 26.0 Å². The molecule has 96 valence electrons. The Morgan fingerprint density at radius 1 is 1.22 bits per heavy atom. The molecule has 18 heavy (non-hydrogen) atoms. The zero-order valence-electron chi connectivity index (χ0n) is 11.3. The number of thiazole rings is 1. The molecule has 1 N–H and O–H groups in total. The summed E-state index contributed by atoms with van der Waals surface area (Å²) in [6, 6.07) is 6.17. The first-order valence-corrected chi connectivity index (χ1v) is 6.97. The van der Waals surface area contributed by atoms with Gasteiger partial charge in [-0.25, -0.2) is 4.98 Å². The van der Waals surface area contributed by atoms with E-state index in [4.69, 9.17) is 0 Å². The Labute approximate surface area is 112 Å². The predicted molar refractivity (Wildman–Crippen MR) is 76.2 cm³/mol. The highest BCUT2D eigenvalue weighted by Gasteiger charge is 2.14. The van der Waals surface area contributed by atoms with E-state index in [9.17, 15) is 5.11 Å². The number of aliphatic hydroxyl groups is 1. The van der Waals surface area contributed by atoms with Crippen LogP contribution in [0.15, 0.2) is 18.2 Å². The van der Waals surface area contributed by atoms with Gasteiger partial charge in [0.1, 0.15) is 0 Å². The Morgan fingerprint density at radius 3 is 2.50 bits per heavy atom. The molecule has 2 rings (SSSR count). The second-order valence-corrected chi connectivity index (χ2v) is 6.12. The highest BCUT2D eigenvalue weighted by Crippen LogP contribution is 2.25. The lowest BCUT2D eigenvalue weighted by Gasteiger charge is -2.13. The monoisotopic (exact) mass is 261 g/mol. The van der Waals surface area contributed by atoms with Gasteiger partial charge in [0.2, 0.25) is 0 Å². The van der Waals surface area contributed by atoms with Crippen LogP contribution in [0.5, 0.6) is 0 Å². The van der Waals surface area contributed by atoms with E-state index in [2.05, 4.69) is 24.9 Å². The zero-order valence-corrected chi connectivity index (χ0v) is 12.1. The third-order valence-electron chi connectivity index (χ3n) is 3.23.